The van der Waals surface area contributed by atoms with Gasteiger partial charge in [-0.05, 0) is 31.0 Å². The summed E-state index contributed by atoms with van der Waals surface area (Å²) in [5, 5.41) is 11.7. The maximum atomic E-state index is 11.9. The van der Waals surface area contributed by atoms with Crippen LogP contribution in [0.15, 0.2) is 24.3 Å². The molecule has 0 heterocycles. The lowest BCUT2D eigenvalue weighted by molar-refractivity contribution is -0.135. The first-order valence-corrected chi connectivity index (χ1v) is 5.52. The number of carboxylic acid groups (broad SMARTS) is 1. The summed E-state index contributed by atoms with van der Waals surface area (Å²) in [6, 6.07) is 6.17. The third kappa shape index (κ3) is 5.56. The molecule has 0 aliphatic heterocycles. The van der Waals surface area contributed by atoms with Gasteiger partial charge in [-0.15, -0.1) is 0 Å². The van der Waals surface area contributed by atoms with Crippen LogP contribution in [0.2, 0.25) is 0 Å². The average molecular weight is 261 g/mol. The Morgan fingerprint density at radius 2 is 2.00 bits per heavy atom. The Morgan fingerprint density at radius 1 is 1.28 bits per heavy atom. The van der Waals surface area contributed by atoms with E-state index >= 15 is 0 Å². The predicted octanol–water partition coefficient (Wildman–Crippen LogP) is 3.53. The van der Waals surface area contributed by atoms with Gasteiger partial charge >= 0.3 is 12.1 Å². The van der Waals surface area contributed by atoms with Crippen molar-refractivity contribution in [1.82, 2.24) is 0 Å². The van der Waals surface area contributed by atoms with E-state index in [4.69, 9.17) is 5.11 Å². The van der Waals surface area contributed by atoms with Gasteiger partial charge in [-0.25, -0.2) is 4.79 Å². The molecule has 0 radical (unpaired) electrons. The molecule has 1 rings (SSSR count). The summed E-state index contributed by atoms with van der Waals surface area (Å²) in [5.74, 6) is -1.03. The van der Waals surface area contributed by atoms with Crippen molar-refractivity contribution in [1.29, 1.82) is 0 Å². The van der Waals surface area contributed by atoms with Gasteiger partial charge in [-0.3, -0.25) is 0 Å². The van der Waals surface area contributed by atoms with Gasteiger partial charge in [0.2, 0.25) is 0 Å². The van der Waals surface area contributed by atoms with Crippen LogP contribution in [-0.4, -0.2) is 23.8 Å². The van der Waals surface area contributed by atoms with Gasteiger partial charge in [-0.2, -0.15) is 13.2 Å². The lowest BCUT2D eigenvalue weighted by Gasteiger charge is -2.08. The molecule has 0 spiro atoms. The second-order valence-corrected chi connectivity index (χ2v) is 3.89. The molecule has 100 valence electrons. The number of anilines is 1. The molecule has 0 bridgehead atoms. The highest BCUT2D eigenvalue weighted by Crippen LogP contribution is 2.22. The normalized spacial score (nSPS) is 11.3. The molecule has 0 saturated heterocycles. The number of nitrogens with one attached hydrogen (secondary N) is 1. The Hall–Kier alpha value is -1.72. The number of benzene rings is 1. The minimum atomic E-state index is -4.11. The summed E-state index contributed by atoms with van der Waals surface area (Å²) in [4.78, 5) is 10.7. The van der Waals surface area contributed by atoms with E-state index in [9.17, 15) is 18.0 Å². The largest absolute Gasteiger partial charge is 0.478 e. The van der Waals surface area contributed by atoms with Crippen LogP contribution in [0.4, 0.5) is 18.9 Å². The average Bonchev–Trinajstić information content (AvgIpc) is 2.27. The van der Waals surface area contributed by atoms with Gasteiger partial charge in [-0.1, -0.05) is 6.07 Å². The second kappa shape index (κ2) is 6.28. The molecule has 2 N–H and O–H groups in total. The highest BCUT2D eigenvalue weighted by molar-refractivity contribution is 5.88. The molecular formula is C12H14F3NO2. The lowest BCUT2D eigenvalue weighted by atomic mass is 10.2. The van der Waals surface area contributed by atoms with Crippen LogP contribution in [0.25, 0.3) is 0 Å². The molecular weight excluding hydrogens is 247 g/mol. The highest BCUT2D eigenvalue weighted by Gasteiger charge is 2.25. The smallest absolute Gasteiger partial charge is 0.389 e. The van der Waals surface area contributed by atoms with E-state index in [1.54, 1.807) is 12.1 Å². The molecule has 18 heavy (non-hydrogen) atoms. The third-order valence-electron chi connectivity index (χ3n) is 2.33. The number of hydrogen-bond donors (Lipinski definition) is 2. The monoisotopic (exact) mass is 261 g/mol. The van der Waals surface area contributed by atoms with E-state index in [2.05, 4.69) is 5.32 Å². The maximum absolute atomic E-state index is 11.9. The Morgan fingerprint density at radius 3 is 2.61 bits per heavy atom. The molecule has 0 aliphatic rings. The predicted molar refractivity (Wildman–Crippen MR) is 61.8 cm³/mol. The van der Waals surface area contributed by atoms with Crippen molar-refractivity contribution < 1.29 is 23.1 Å². The van der Waals surface area contributed by atoms with Gasteiger partial charge in [0.05, 0.1) is 5.56 Å². The van der Waals surface area contributed by atoms with Crippen molar-refractivity contribution in [3.05, 3.63) is 29.8 Å². The number of halogens is 3. The molecule has 1 aromatic rings. The standard InChI is InChI=1S/C12H14F3NO2/c13-12(14,15)6-1-2-7-16-10-5-3-4-9(8-10)11(17)18/h3-5,8,16H,1-2,6-7H2,(H,17,18). The second-order valence-electron chi connectivity index (χ2n) is 3.89. The zero-order valence-corrected chi connectivity index (χ0v) is 9.63. The van der Waals surface area contributed by atoms with Crippen molar-refractivity contribution in [3.8, 4) is 0 Å². The van der Waals surface area contributed by atoms with Gasteiger partial charge in [0.25, 0.3) is 0 Å². The van der Waals surface area contributed by atoms with Crippen LogP contribution >= 0.6 is 0 Å². The van der Waals surface area contributed by atoms with Crippen LogP contribution in [0.5, 0.6) is 0 Å². The van der Waals surface area contributed by atoms with Crippen LogP contribution < -0.4 is 5.32 Å². The molecule has 0 saturated carbocycles. The van der Waals surface area contributed by atoms with E-state index in [0.717, 1.165) is 0 Å². The van der Waals surface area contributed by atoms with Gasteiger partial charge < -0.3 is 10.4 Å². The maximum Gasteiger partial charge on any atom is 0.389 e. The summed E-state index contributed by atoms with van der Waals surface area (Å²) < 4.78 is 35.6. The van der Waals surface area contributed by atoms with E-state index < -0.39 is 18.6 Å². The van der Waals surface area contributed by atoms with E-state index in [0.29, 0.717) is 18.7 Å². The van der Waals surface area contributed by atoms with E-state index in [1.165, 1.54) is 12.1 Å². The summed E-state index contributed by atoms with van der Waals surface area (Å²) in [5.41, 5.74) is 0.747. The quantitative estimate of drug-likeness (QED) is 0.770. The summed E-state index contributed by atoms with van der Waals surface area (Å²) in [6.07, 6.45) is -4.45. The van der Waals surface area contributed by atoms with Crippen molar-refractivity contribution in [2.45, 2.75) is 25.4 Å². The van der Waals surface area contributed by atoms with Crippen LogP contribution in [0.1, 0.15) is 29.6 Å². The molecule has 3 nitrogen and oxygen atoms in total. The first kappa shape index (κ1) is 14.3. The van der Waals surface area contributed by atoms with Crippen molar-refractivity contribution in [2.24, 2.45) is 0 Å². The SMILES string of the molecule is O=C(O)c1cccc(NCCCCC(F)(F)F)c1. The molecule has 0 fully saturated rings. The molecule has 6 heteroatoms. The van der Waals surface area contributed by atoms with Crippen LogP contribution in [0.3, 0.4) is 0 Å². The summed E-state index contributed by atoms with van der Waals surface area (Å²) >= 11 is 0. The molecule has 0 unspecified atom stereocenters. The molecule has 0 atom stereocenters. The van der Waals surface area contributed by atoms with Gasteiger partial charge in [0.15, 0.2) is 0 Å². The first-order valence-electron chi connectivity index (χ1n) is 5.52. The number of hydrogen-bond acceptors (Lipinski definition) is 2. The zero-order valence-electron chi connectivity index (χ0n) is 9.63. The third-order valence-corrected chi connectivity index (χ3v) is 2.33. The number of alkyl halides is 3. The Bertz CT molecular complexity index is 405. The summed E-state index contributed by atoms with van der Waals surface area (Å²) in [6.45, 7) is 0.388. The number of carbonyl (C=O) groups is 1. The van der Waals surface area contributed by atoms with Gasteiger partial charge in [0.1, 0.15) is 0 Å². The minimum Gasteiger partial charge on any atom is -0.478 e. The van der Waals surface area contributed by atoms with Crippen molar-refractivity contribution >= 4 is 11.7 Å². The highest BCUT2D eigenvalue weighted by atomic mass is 19.4. The molecule has 0 amide bonds. The Labute approximate surface area is 103 Å². The fourth-order valence-electron chi connectivity index (χ4n) is 1.45. The minimum absolute atomic E-state index is 0.0646. The van der Waals surface area contributed by atoms with Gasteiger partial charge in [0, 0.05) is 18.7 Å². The zero-order chi connectivity index (χ0) is 13.6. The topological polar surface area (TPSA) is 49.3 Å². The molecule has 0 aliphatic carbocycles. The Balaban J connectivity index is 2.31. The van der Waals surface area contributed by atoms with Crippen LogP contribution in [-0.2, 0) is 0 Å². The van der Waals surface area contributed by atoms with E-state index in [-0.39, 0.29) is 12.0 Å². The fourth-order valence-corrected chi connectivity index (χ4v) is 1.45. The van der Waals surface area contributed by atoms with E-state index in [1.807, 2.05) is 0 Å². The first-order chi connectivity index (χ1) is 8.38. The van der Waals surface area contributed by atoms with Crippen molar-refractivity contribution in [3.63, 3.8) is 0 Å². The molecule has 1 aromatic carbocycles. The van der Waals surface area contributed by atoms with Crippen LogP contribution in [0, 0.1) is 0 Å². The lowest BCUT2D eigenvalue weighted by Crippen LogP contribution is -2.09. The van der Waals surface area contributed by atoms with Crippen molar-refractivity contribution in [2.75, 3.05) is 11.9 Å². The summed E-state index contributed by atoms with van der Waals surface area (Å²) in [7, 11) is 0. The number of aromatic carboxylic acids is 1. The number of rotatable bonds is 6. The Kier molecular flexibility index (Phi) is 5.00. The number of carboxylic acids is 1. The number of unbranched alkanes of at least 4 members (excludes halogenated alkanes) is 1. The fraction of sp³-hybridized carbons (Fsp3) is 0.417. The molecule has 0 aromatic heterocycles.